The lowest BCUT2D eigenvalue weighted by Gasteiger charge is -2.36. The van der Waals surface area contributed by atoms with Crippen molar-refractivity contribution in [1.82, 2.24) is 14.9 Å². The average Bonchev–Trinajstić information content (AvgIpc) is 2.97. The van der Waals surface area contributed by atoms with Crippen molar-refractivity contribution >= 4 is 44.2 Å². The van der Waals surface area contributed by atoms with Gasteiger partial charge in [0.1, 0.15) is 4.90 Å². The van der Waals surface area contributed by atoms with Crippen LogP contribution in [0.1, 0.15) is 23.7 Å². The summed E-state index contributed by atoms with van der Waals surface area (Å²) in [5.74, 6) is -0.0647. The Morgan fingerprint density at radius 2 is 1.72 bits per heavy atom. The van der Waals surface area contributed by atoms with Crippen molar-refractivity contribution < 1.29 is 22.7 Å². The van der Waals surface area contributed by atoms with Crippen molar-refractivity contribution in [3.05, 3.63) is 84.8 Å². The van der Waals surface area contributed by atoms with Crippen LogP contribution in [0.25, 0.3) is 10.9 Å². The second-order valence-electron chi connectivity index (χ2n) is 9.00. The zero-order chi connectivity index (χ0) is 27.4. The molecule has 0 aliphatic carbocycles. The molecule has 0 atom stereocenters. The molecule has 39 heavy (non-hydrogen) atoms. The summed E-state index contributed by atoms with van der Waals surface area (Å²) < 4.78 is 34.0. The van der Waals surface area contributed by atoms with Crippen LogP contribution in [0, 0.1) is 0 Å². The number of benzene rings is 2. The second kappa shape index (κ2) is 11.1. The standard InChI is InChI=1S/C28H27N5O5S/c1-2-26(34)38-24-17-23(18-29-19-24)32-13-15-33(16-14-32)28(35)21-8-10-22(11-9-21)31-39(36,37)25-7-3-5-20-6-4-12-30-27(20)25/h3-12,17-19,31H,2,13-16H2,1H3. The molecule has 2 aromatic carbocycles. The molecule has 200 valence electrons. The Morgan fingerprint density at radius 3 is 2.46 bits per heavy atom. The van der Waals surface area contributed by atoms with Crippen molar-refractivity contribution in [2.45, 2.75) is 18.2 Å². The summed E-state index contributed by atoms with van der Waals surface area (Å²) in [5.41, 5.74) is 2.03. The van der Waals surface area contributed by atoms with Gasteiger partial charge in [0.05, 0.1) is 23.6 Å². The average molecular weight is 546 g/mol. The molecule has 1 amide bonds. The minimum atomic E-state index is -3.88. The molecule has 0 saturated carbocycles. The molecule has 1 N–H and O–H groups in total. The van der Waals surface area contributed by atoms with E-state index in [4.69, 9.17) is 4.74 Å². The first kappa shape index (κ1) is 26.1. The van der Waals surface area contributed by atoms with Crippen LogP contribution in [-0.4, -0.2) is 61.3 Å². The fraction of sp³-hybridized carbons (Fsp3) is 0.214. The van der Waals surface area contributed by atoms with Crippen molar-refractivity contribution in [1.29, 1.82) is 0 Å². The highest BCUT2D eigenvalue weighted by atomic mass is 32.2. The lowest BCUT2D eigenvalue weighted by molar-refractivity contribution is -0.134. The SMILES string of the molecule is CCC(=O)Oc1cncc(N2CCN(C(=O)c3ccc(NS(=O)(=O)c4cccc5cccnc45)cc3)CC2)c1. The summed E-state index contributed by atoms with van der Waals surface area (Å²) in [6.45, 7) is 3.91. The number of hydrogen-bond donors (Lipinski definition) is 1. The Balaban J connectivity index is 1.21. The lowest BCUT2D eigenvalue weighted by atomic mass is 10.1. The lowest BCUT2D eigenvalue weighted by Crippen LogP contribution is -2.48. The van der Waals surface area contributed by atoms with Crippen LogP contribution in [0.3, 0.4) is 0 Å². The smallest absolute Gasteiger partial charge is 0.310 e. The third-order valence-electron chi connectivity index (χ3n) is 6.42. The first-order valence-electron chi connectivity index (χ1n) is 12.5. The molecular formula is C28H27N5O5S. The molecular weight excluding hydrogens is 518 g/mol. The van der Waals surface area contributed by atoms with E-state index in [1.165, 1.54) is 12.3 Å². The molecule has 0 spiro atoms. The third kappa shape index (κ3) is 5.83. The summed E-state index contributed by atoms with van der Waals surface area (Å²) in [4.78, 5) is 37.0. The van der Waals surface area contributed by atoms with Gasteiger partial charge in [-0.1, -0.05) is 25.1 Å². The number of pyridine rings is 2. The van der Waals surface area contributed by atoms with E-state index in [0.29, 0.717) is 48.7 Å². The maximum Gasteiger partial charge on any atom is 0.310 e. The quantitative estimate of drug-likeness (QED) is 0.349. The number of piperazine rings is 1. The van der Waals surface area contributed by atoms with Gasteiger partial charge in [0.2, 0.25) is 0 Å². The Kier molecular flexibility index (Phi) is 7.42. The van der Waals surface area contributed by atoms with Crippen LogP contribution in [0.4, 0.5) is 11.4 Å². The Bertz CT molecular complexity index is 1610. The number of aromatic nitrogens is 2. The number of carbonyl (C=O) groups is 2. The van der Waals surface area contributed by atoms with E-state index in [1.54, 1.807) is 78.8 Å². The Morgan fingerprint density at radius 1 is 0.974 bits per heavy atom. The molecule has 1 aliphatic rings. The van der Waals surface area contributed by atoms with Gasteiger partial charge in [-0.2, -0.15) is 0 Å². The van der Waals surface area contributed by atoms with Crippen LogP contribution < -0.4 is 14.4 Å². The van der Waals surface area contributed by atoms with Crippen molar-refractivity contribution in [2.75, 3.05) is 35.8 Å². The van der Waals surface area contributed by atoms with Crippen molar-refractivity contribution in [3.63, 3.8) is 0 Å². The predicted octanol–water partition coefficient (Wildman–Crippen LogP) is 3.71. The molecule has 11 heteroatoms. The van der Waals surface area contributed by atoms with E-state index in [9.17, 15) is 18.0 Å². The van der Waals surface area contributed by atoms with E-state index in [-0.39, 0.29) is 23.2 Å². The molecule has 1 aliphatic heterocycles. The fourth-order valence-corrected chi connectivity index (χ4v) is 5.61. The highest BCUT2D eigenvalue weighted by molar-refractivity contribution is 7.93. The predicted molar refractivity (Wildman–Crippen MR) is 147 cm³/mol. The maximum atomic E-state index is 13.1. The number of nitrogens with one attached hydrogen (secondary N) is 1. The van der Waals surface area contributed by atoms with Gasteiger partial charge in [-0.15, -0.1) is 0 Å². The summed E-state index contributed by atoms with van der Waals surface area (Å²) >= 11 is 0. The van der Waals surface area contributed by atoms with Gasteiger partial charge in [-0.3, -0.25) is 24.3 Å². The van der Waals surface area contributed by atoms with Crippen LogP contribution in [0.15, 0.2) is 84.1 Å². The maximum absolute atomic E-state index is 13.1. The molecule has 0 unspecified atom stereocenters. The third-order valence-corrected chi connectivity index (χ3v) is 7.83. The van der Waals surface area contributed by atoms with Crippen LogP contribution in [0.2, 0.25) is 0 Å². The number of ether oxygens (including phenoxy) is 1. The molecule has 3 heterocycles. The fourth-order valence-electron chi connectivity index (χ4n) is 4.37. The van der Waals surface area contributed by atoms with Gasteiger partial charge in [0.25, 0.3) is 15.9 Å². The van der Waals surface area contributed by atoms with Gasteiger partial charge >= 0.3 is 5.97 Å². The molecule has 2 aromatic heterocycles. The highest BCUT2D eigenvalue weighted by Gasteiger charge is 2.24. The monoisotopic (exact) mass is 545 g/mol. The van der Waals surface area contributed by atoms with Crippen LogP contribution in [-0.2, 0) is 14.8 Å². The van der Waals surface area contributed by atoms with Crippen molar-refractivity contribution in [2.24, 2.45) is 0 Å². The number of para-hydroxylation sites is 1. The zero-order valence-electron chi connectivity index (χ0n) is 21.3. The Hall–Kier alpha value is -4.51. The Labute approximate surface area is 226 Å². The number of amides is 1. The molecule has 4 aromatic rings. The van der Waals surface area contributed by atoms with E-state index in [1.807, 2.05) is 0 Å². The zero-order valence-corrected chi connectivity index (χ0v) is 22.1. The molecule has 0 radical (unpaired) electrons. The normalized spacial score (nSPS) is 13.8. The molecule has 1 saturated heterocycles. The second-order valence-corrected chi connectivity index (χ2v) is 10.7. The summed E-state index contributed by atoms with van der Waals surface area (Å²) in [7, 11) is -3.88. The van der Waals surface area contributed by atoms with Gasteiger partial charge in [0, 0.05) is 61.5 Å². The first-order chi connectivity index (χ1) is 18.8. The number of sulfonamides is 1. The highest BCUT2D eigenvalue weighted by Crippen LogP contribution is 2.25. The number of anilines is 2. The van der Waals surface area contributed by atoms with Crippen molar-refractivity contribution in [3.8, 4) is 5.75 Å². The number of fused-ring (bicyclic) bond motifs is 1. The van der Waals surface area contributed by atoms with Gasteiger partial charge in [0.15, 0.2) is 5.75 Å². The number of rotatable bonds is 7. The topological polar surface area (TPSA) is 122 Å². The first-order valence-corrected chi connectivity index (χ1v) is 14.0. The molecule has 1 fully saturated rings. The summed E-state index contributed by atoms with van der Waals surface area (Å²) in [6.07, 6.45) is 5.04. The minimum Gasteiger partial charge on any atom is -0.425 e. The summed E-state index contributed by atoms with van der Waals surface area (Å²) in [5, 5.41) is 0.727. The van der Waals surface area contributed by atoms with E-state index >= 15 is 0 Å². The molecule has 10 nitrogen and oxygen atoms in total. The number of hydrogen-bond acceptors (Lipinski definition) is 8. The van der Waals surface area contributed by atoms with Gasteiger partial charge in [-0.25, -0.2) is 8.42 Å². The van der Waals surface area contributed by atoms with Gasteiger partial charge in [-0.05, 0) is 36.4 Å². The molecule has 0 bridgehead atoms. The van der Waals surface area contributed by atoms with Gasteiger partial charge < -0.3 is 14.5 Å². The largest absolute Gasteiger partial charge is 0.425 e. The van der Waals surface area contributed by atoms with E-state index in [2.05, 4.69) is 19.6 Å². The minimum absolute atomic E-state index is 0.0860. The van der Waals surface area contributed by atoms with E-state index in [0.717, 1.165) is 11.1 Å². The number of carbonyl (C=O) groups excluding carboxylic acids is 2. The van der Waals surface area contributed by atoms with E-state index < -0.39 is 10.0 Å². The molecule has 5 rings (SSSR count). The number of nitrogens with zero attached hydrogens (tertiary/aromatic N) is 4. The summed E-state index contributed by atoms with van der Waals surface area (Å²) in [6, 6.07) is 16.7. The number of esters is 1. The van der Waals surface area contributed by atoms with Crippen LogP contribution in [0.5, 0.6) is 5.75 Å². The van der Waals surface area contributed by atoms with Crippen LogP contribution >= 0.6 is 0 Å².